The highest BCUT2D eigenvalue weighted by Gasteiger charge is 2.11. The Kier molecular flexibility index (Phi) is 3.66. The average Bonchev–Trinajstić information content (AvgIpc) is 2.68. The Morgan fingerprint density at radius 2 is 2.12 bits per heavy atom. The summed E-state index contributed by atoms with van der Waals surface area (Å²) >= 11 is 11.8. The molecule has 90 valence electrons. The lowest BCUT2D eigenvalue weighted by Gasteiger charge is -2.10. The van der Waals surface area contributed by atoms with Crippen LogP contribution in [0.5, 0.6) is 0 Å². The highest BCUT2D eigenvalue weighted by atomic mass is 35.5. The maximum Gasteiger partial charge on any atom is 0.0845 e. The number of nitrogens with two attached hydrogens (primary N) is 1. The van der Waals surface area contributed by atoms with Gasteiger partial charge in [0.2, 0.25) is 0 Å². The lowest BCUT2D eigenvalue weighted by molar-refractivity contribution is 0.694. The van der Waals surface area contributed by atoms with E-state index in [1.165, 1.54) is 0 Å². The van der Waals surface area contributed by atoms with Crippen molar-refractivity contribution in [3.8, 4) is 0 Å². The number of aromatic nitrogens is 3. The molecule has 0 aliphatic carbocycles. The van der Waals surface area contributed by atoms with Gasteiger partial charge < -0.3 is 5.73 Å². The van der Waals surface area contributed by atoms with Crippen molar-refractivity contribution in [2.45, 2.75) is 12.5 Å². The number of hydrogen-bond donors (Lipinski definition) is 1. The van der Waals surface area contributed by atoms with Crippen LogP contribution in [0.4, 0.5) is 0 Å². The van der Waals surface area contributed by atoms with Gasteiger partial charge in [-0.15, -0.1) is 5.10 Å². The number of aryl methyl sites for hydroxylation is 1. The van der Waals surface area contributed by atoms with E-state index in [9.17, 15) is 0 Å². The molecule has 1 aromatic heterocycles. The summed E-state index contributed by atoms with van der Waals surface area (Å²) in [4.78, 5) is 0. The van der Waals surface area contributed by atoms with Crippen LogP contribution in [-0.2, 0) is 13.5 Å². The quantitative estimate of drug-likeness (QED) is 0.932. The molecular formula is C11H12Cl2N4. The minimum atomic E-state index is -0.165. The minimum absolute atomic E-state index is 0.165. The van der Waals surface area contributed by atoms with Crippen molar-refractivity contribution < 1.29 is 0 Å². The first kappa shape index (κ1) is 12.4. The second kappa shape index (κ2) is 5.04. The van der Waals surface area contributed by atoms with Gasteiger partial charge in [0, 0.05) is 25.7 Å². The number of hydrogen-bond acceptors (Lipinski definition) is 3. The van der Waals surface area contributed by atoms with E-state index in [1.807, 2.05) is 19.3 Å². The van der Waals surface area contributed by atoms with E-state index in [0.29, 0.717) is 16.5 Å². The molecule has 2 N–H and O–H groups in total. The molecule has 0 aliphatic rings. The maximum atomic E-state index is 6.08. The van der Waals surface area contributed by atoms with Crippen molar-refractivity contribution in [3.05, 3.63) is 45.7 Å². The van der Waals surface area contributed by atoms with Gasteiger partial charge in [0.15, 0.2) is 0 Å². The Morgan fingerprint density at radius 1 is 1.35 bits per heavy atom. The molecule has 2 rings (SSSR count). The Bertz CT molecular complexity index is 524. The summed E-state index contributed by atoms with van der Waals surface area (Å²) in [5.41, 5.74) is 7.86. The fraction of sp³-hybridized carbons (Fsp3) is 0.273. The fourth-order valence-electron chi connectivity index (χ4n) is 1.58. The van der Waals surface area contributed by atoms with Crippen molar-refractivity contribution in [2.75, 3.05) is 0 Å². The Morgan fingerprint density at radius 3 is 2.71 bits per heavy atom. The summed E-state index contributed by atoms with van der Waals surface area (Å²) in [6.45, 7) is 0. The van der Waals surface area contributed by atoms with E-state index in [0.717, 1.165) is 11.3 Å². The number of benzene rings is 1. The van der Waals surface area contributed by atoms with Crippen LogP contribution in [0.2, 0.25) is 10.0 Å². The third-order valence-corrected chi connectivity index (χ3v) is 3.19. The predicted molar refractivity (Wildman–Crippen MR) is 68.1 cm³/mol. The first-order chi connectivity index (χ1) is 8.06. The first-order valence-corrected chi connectivity index (χ1v) is 5.87. The van der Waals surface area contributed by atoms with Crippen molar-refractivity contribution in [2.24, 2.45) is 12.8 Å². The summed E-state index contributed by atoms with van der Waals surface area (Å²) in [7, 11) is 1.82. The highest BCUT2D eigenvalue weighted by Crippen LogP contribution is 2.25. The van der Waals surface area contributed by atoms with E-state index < -0.39 is 0 Å². The molecule has 0 saturated carbocycles. The van der Waals surface area contributed by atoms with E-state index in [2.05, 4.69) is 10.3 Å². The molecule has 6 heteroatoms. The Labute approximate surface area is 109 Å². The van der Waals surface area contributed by atoms with E-state index in [4.69, 9.17) is 28.9 Å². The van der Waals surface area contributed by atoms with Gasteiger partial charge in [-0.2, -0.15) is 0 Å². The molecule has 4 nitrogen and oxygen atoms in total. The van der Waals surface area contributed by atoms with Gasteiger partial charge in [0.05, 0.1) is 15.7 Å². The van der Waals surface area contributed by atoms with E-state index in [-0.39, 0.29) is 6.04 Å². The molecule has 1 heterocycles. The Hall–Kier alpha value is -1.10. The van der Waals surface area contributed by atoms with Crippen LogP contribution in [0, 0.1) is 0 Å². The Balaban J connectivity index is 2.14. The molecule has 1 aromatic carbocycles. The van der Waals surface area contributed by atoms with Gasteiger partial charge in [-0.3, -0.25) is 4.68 Å². The molecule has 0 fully saturated rings. The second-order valence-corrected chi connectivity index (χ2v) is 4.68. The lowest BCUT2D eigenvalue weighted by Crippen LogP contribution is -2.13. The first-order valence-electron chi connectivity index (χ1n) is 5.12. The third-order valence-electron chi connectivity index (χ3n) is 2.45. The zero-order valence-corrected chi connectivity index (χ0v) is 10.8. The number of nitrogens with zero attached hydrogens (tertiary/aromatic N) is 3. The van der Waals surface area contributed by atoms with Gasteiger partial charge in [0.1, 0.15) is 0 Å². The van der Waals surface area contributed by atoms with Crippen LogP contribution in [0.3, 0.4) is 0 Å². The van der Waals surface area contributed by atoms with E-state index >= 15 is 0 Å². The van der Waals surface area contributed by atoms with E-state index in [1.54, 1.807) is 16.8 Å². The van der Waals surface area contributed by atoms with Crippen LogP contribution < -0.4 is 5.73 Å². The SMILES string of the molecule is Cn1cc(CC(N)c2ccc(Cl)c(Cl)c2)nn1. The average molecular weight is 271 g/mol. The molecule has 1 unspecified atom stereocenters. The topological polar surface area (TPSA) is 56.7 Å². The summed E-state index contributed by atoms with van der Waals surface area (Å²) in [6, 6.07) is 5.23. The zero-order chi connectivity index (χ0) is 12.4. The summed E-state index contributed by atoms with van der Waals surface area (Å²) in [5, 5.41) is 8.90. The molecule has 2 aromatic rings. The van der Waals surface area contributed by atoms with Crippen molar-refractivity contribution >= 4 is 23.2 Å². The third kappa shape index (κ3) is 2.97. The molecule has 17 heavy (non-hydrogen) atoms. The van der Waals surface area contributed by atoms with Gasteiger partial charge in [-0.25, -0.2) is 0 Å². The van der Waals surface area contributed by atoms with Crippen LogP contribution in [0.15, 0.2) is 24.4 Å². The number of rotatable bonds is 3. The molecule has 0 radical (unpaired) electrons. The van der Waals surface area contributed by atoms with Gasteiger partial charge >= 0.3 is 0 Å². The number of halogens is 2. The van der Waals surface area contributed by atoms with Gasteiger partial charge in [-0.1, -0.05) is 34.5 Å². The fourth-order valence-corrected chi connectivity index (χ4v) is 1.88. The monoisotopic (exact) mass is 270 g/mol. The molecular weight excluding hydrogens is 259 g/mol. The van der Waals surface area contributed by atoms with Crippen molar-refractivity contribution in [3.63, 3.8) is 0 Å². The highest BCUT2D eigenvalue weighted by molar-refractivity contribution is 6.42. The molecule has 0 saturated heterocycles. The van der Waals surface area contributed by atoms with Gasteiger partial charge in [0.25, 0.3) is 0 Å². The van der Waals surface area contributed by atoms with Crippen LogP contribution in [0.25, 0.3) is 0 Å². The molecule has 0 spiro atoms. The minimum Gasteiger partial charge on any atom is -0.324 e. The smallest absolute Gasteiger partial charge is 0.0845 e. The normalized spacial score (nSPS) is 12.7. The van der Waals surface area contributed by atoms with Gasteiger partial charge in [-0.05, 0) is 17.7 Å². The van der Waals surface area contributed by atoms with Crippen molar-refractivity contribution in [1.82, 2.24) is 15.0 Å². The van der Waals surface area contributed by atoms with Crippen LogP contribution >= 0.6 is 23.2 Å². The molecule has 0 bridgehead atoms. The van der Waals surface area contributed by atoms with Crippen molar-refractivity contribution in [1.29, 1.82) is 0 Å². The summed E-state index contributed by atoms with van der Waals surface area (Å²) < 4.78 is 1.65. The van der Waals surface area contributed by atoms with Crippen LogP contribution in [-0.4, -0.2) is 15.0 Å². The van der Waals surface area contributed by atoms with Crippen LogP contribution in [0.1, 0.15) is 17.3 Å². The summed E-state index contributed by atoms with van der Waals surface area (Å²) in [6.07, 6.45) is 2.46. The predicted octanol–water partition coefficient (Wildman–Crippen LogP) is 2.36. The standard InChI is InChI=1S/C11H12Cl2N4/c1-17-6-8(15-16-17)5-11(14)7-2-3-9(12)10(13)4-7/h2-4,6,11H,5,14H2,1H3. The summed E-state index contributed by atoms with van der Waals surface area (Å²) in [5.74, 6) is 0. The lowest BCUT2D eigenvalue weighted by atomic mass is 10.0. The largest absolute Gasteiger partial charge is 0.324 e. The molecule has 1 atom stereocenters. The maximum absolute atomic E-state index is 6.08. The zero-order valence-electron chi connectivity index (χ0n) is 9.27. The molecule has 0 amide bonds. The molecule has 0 aliphatic heterocycles. The second-order valence-electron chi connectivity index (χ2n) is 3.87.